The minimum Gasteiger partial charge on any atom is -0.384 e. The molecule has 2 aromatic rings. The van der Waals surface area contributed by atoms with Gasteiger partial charge in [0.05, 0.1) is 12.2 Å². The van der Waals surface area contributed by atoms with Crippen molar-refractivity contribution in [3.05, 3.63) is 46.9 Å². The SMILES string of the molecule is Cc1ccc(F)cc1CC(NN)c1cnn(C)c1N. The number of nitrogen functional groups attached to an aromatic ring is 1. The number of hydrogen-bond donors (Lipinski definition) is 3. The summed E-state index contributed by atoms with van der Waals surface area (Å²) in [4.78, 5) is 0. The van der Waals surface area contributed by atoms with Crippen molar-refractivity contribution in [2.75, 3.05) is 5.73 Å². The van der Waals surface area contributed by atoms with Gasteiger partial charge < -0.3 is 5.73 Å². The van der Waals surface area contributed by atoms with Crippen LogP contribution in [0.5, 0.6) is 0 Å². The van der Waals surface area contributed by atoms with Crippen LogP contribution in [0.15, 0.2) is 24.4 Å². The smallest absolute Gasteiger partial charge is 0.126 e. The number of nitrogens with zero attached hydrogens (tertiary/aromatic N) is 2. The first-order valence-electron chi connectivity index (χ1n) is 6.01. The maximum atomic E-state index is 13.3. The molecule has 0 bridgehead atoms. The predicted octanol–water partition coefficient (Wildman–Crippen LogP) is 1.20. The lowest BCUT2D eigenvalue weighted by Gasteiger charge is -2.17. The molecule has 0 aliphatic carbocycles. The molecular weight excluding hydrogens is 245 g/mol. The molecule has 0 amide bonds. The van der Waals surface area contributed by atoms with Gasteiger partial charge in [-0.15, -0.1) is 0 Å². The third kappa shape index (κ3) is 2.74. The van der Waals surface area contributed by atoms with E-state index in [-0.39, 0.29) is 11.9 Å². The summed E-state index contributed by atoms with van der Waals surface area (Å²) >= 11 is 0. The Morgan fingerprint density at radius 1 is 1.47 bits per heavy atom. The number of nitrogens with two attached hydrogens (primary N) is 2. The molecule has 19 heavy (non-hydrogen) atoms. The summed E-state index contributed by atoms with van der Waals surface area (Å²) in [6, 6.07) is 4.52. The summed E-state index contributed by atoms with van der Waals surface area (Å²) in [6.07, 6.45) is 2.23. The van der Waals surface area contributed by atoms with E-state index in [1.165, 1.54) is 12.1 Å². The molecule has 102 valence electrons. The Morgan fingerprint density at radius 2 is 2.21 bits per heavy atom. The topological polar surface area (TPSA) is 81.9 Å². The molecule has 1 unspecified atom stereocenters. The van der Waals surface area contributed by atoms with E-state index in [1.807, 2.05) is 6.92 Å². The number of nitrogens with one attached hydrogen (secondary N) is 1. The van der Waals surface area contributed by atoms with E-state index < -0.39 is 0 Å². The average molecular weight is 263 g/mol. The van der Waals surface area contributed by atoms with Gasteiger partial charge in [0.2, 0.25) is 0 Å². The maximum absolute atomic E-state index is 13.3. The number of aryl methyl sites for hydroxylation is 2. The van der Waals surface area contributed by atoms with Crippen molar-refractivity contribution in [2.45, 2.75) is 19.4 Å². The number of hydrazine groups is 1. The fraction of sp³-hybridized carbons (Fsp3) is 0.308. The Hall–Kier alpha value is -1.92. The molecule has 1 aromatic heterocycles. The first kappa shape index (κ1) is 13.5. The summed E-state index contributed by atoms with van der Waals surface area (Å²) in [5.41, 5.74) is 11.4. The van der Waals surface area contributed by atoms with E-state index in [0.717, 1.165) is 16.7 Å². The fourth-order valence-corrected chi connectivity index (χ4v) is 2.07. The zero-order chi connectivity index (χ0) is 14.0. The molecule has 0 aliphatic rings. The lowest BCUT2D eigenvalue weighted by molar-refractivity contribution is 0.548. The zero-order valence-corrected chi connectivity index (χ0v) is 11.0. The summed E-state index contributed by atoms with van der Waals surface area (Å²) in [5, 5.41) is 4.09. The van der Waals surface area contributed by atoms with Crippen LogP contribution in [0.2, 0.25) is 0 Å². The monoisotopic (exact) mass is 263 g/mol. The van der Waals surface area contributed by atoms with Gasteiger partial charge in [0.15, 0.2) is 0 Å². The minimum absolute atomic E-state index is 0.200. The van der Waals surface area contributed by atoms with Crippen LogP contribution >= 0.6 is 0 Å². The Labute approximate surface area is 111 Å². The molecule has 5 N–H and O–H groups in total. The van der Waals surface area contributed by atoms with Gasteiger partial charge in [-0.2, -0.15) is 5.10 Å². The second kappa shape index (κ2) is 5.38. The largest absolute Gasteiger partial charge is 0.384 e. The molecule has 0 saturated carbocycles. The first-order valence-corrected chi connectivity index (χ1v) is 6.01. The van der Waals surface area contributed by atoms with E-state index in [1.54, 1.807) is 24.0 Å². The molecule has 0 spiro atoms. The molecule has 0 fully saturated rings. The first-order chi connectivity index (χ1) is 9.02. The van der Waals surface area contributed by atoms with Crippen molar-refractivity contribution >= 4 is 5.82 Å². The zero-order valence-electron chi connectivity index (χ0n) is 11.0. The van der Waals surface area contributed by atoms with E-state index in [4.69, 9.17) is 11.6 Å². The predicted molar refractivity (Wildman–Crippen MR) is 72.5 cm³/mol. The van der Waals surface area contributed by atoms with Crippen molar-refractivity contribution < 1.29 is 4.39 Å². The fourth-order valence-electron chi connectivity index (χ4n) is 2.07. The highest BCUT2D eigenvalue weighted by Crippen LogP contribution is 2.24. The number of hydrogen-bond acceptors (Lipinski definition) is 4. The molecule has 2 rings (SSSR count). The lowest BCUT2D eigenvalue weighted by atomic mass is 9.97. The van der Waals surface area contributed by atoms with Gasteiger partial charge in [0.25, 0.3) is 0 Å². The highest BCUT2D eigenvalue weighted by atomic mass is 19.1. The molecule has 5 nitrogen and oxygen atoms in total. The van der Waals surface area contributed by atoms with Gasteiger partial charge in [-0.1, -0.05) is 6.07 Å². The van der Waals surface area contributed by atoms with Gasteiger partial charge >= 0.3 is 0 Å². The molecule has 1 atom stereocenters. The van der Waals surface area contributed by atoms with Crippen LogP contribution < -0.4 is 17.0 Å². The van der Waals surface area contributed by atoms with Gasteiger partial charge in [0.1, 0.15) is 11.6 Å². The number of anilines is 1. The Kier molecular flexibility index (Phi) is 3.82. The third-order valence-corrected chi connectivity index (χ3v) is 3.33. The van der Waals surface area contributed by atoms with Crippen molar-refractivity contribution in [3.63, 3.8) is 0 Å². The number of aromatic nitrogens is 2. The second-order valence-electron chi connectivity index (χ2n) is 4.60. The summed E-state index contributed by atoms with van der Waals surface area (Å²) in [5.74, 6) is 5.88. The Balaban J connectivity index is 2.29. The van der Waals surface area contributed by atoms with E-state index in [0.29, 0.717) is 12.2 Å². The van der Waals surface area contributed by atoms with Gasteiger partial charge in [0, 0.05) is 12.6 Å². The van der Waals surface area contributed by atoms with Crippen molar-refractivity contribution in [1.82, 2.24) is 15.2 Å². The van der Waals surface area contributed by atoms with Crippen molar-refractivity contribution in [1.29, 1.82) is 0 Å². The molecule has 0 aliphatic heterocycles. The number of benzene rings is 1. The van der Waals surface area contributed by atoms with Crippen LogP contribution in [-0.2, 0) is 13.5 Å². The molecule has 0 radical (unpaired) electrons. The maximum Gasteiger partial charge on any atom is 0.126 e. The minimum atomic E-state index is -0.254. The number of rotatable bonds is 4. The van der Waals surface area contributed by atoms with Crippen LogP contribution in [0.25, 0.3) is 0 Å². The third-order valence-electron chi connectivity index (χ3n) is 3.33. The van der Waals surface area contributed by atoms with Crippen LogP contribution in [0.1, 0.15) is 22.7 Å². The number of halogens is 1. The summed E-state index contributed by atoms with van der Waals surface area (Å²) in [7, 11) is 1.76. The molecule has 1 heterocycles. The van der Waals surface area contributed by atoms with Crippen LogP contribution in [-0.4, -0.2) is 9.78 Å². The average Bonchev–Trinajstić information content (AvgIpc) is 2.71. The normalized spacial score (nSPS) is 12.6. The molecule has 0 saturated heterocycles. The van der Waals surface area contributed by atoms with E-state index in [9.17, 15) is 4.39 Å². The quantitative estimate of drug-likeness (QED) is 0.572. The highest BCUT2D eigenvalue weighted by Gasteiger charge is 2.17. The standard InChI is InChI=1S/C13H18FN5/c1-8-3-4-10(14)5-9(8)6-12(18-16)11-7-17-19(2)13(11)15/h3-5,7,12,18H,6,15-16H2,1-2H3. The van der Waals surface area contributed by atoms with Crippen molar-refractivity contribution in [2.24, 2.45) is 12.9 Å². The Bertz CT molecular complexity index is 578. The van der Waals surface area contributed by atoms with Gasteiger partial charge in [-0.25, -0.2) is 4.39 Å². The molecule has 6 heteroatoms. The molecular formula is C13H18FN5. The van der Waals surface area contributed by atoms with E-state index >= 15 is 0 Å². The highest BCUT2D eigenvalue weighted by molar-refractivity contribution is 5.42. The van der Waals surface area contributed by atoms with E-state index in [2.05, 4.69) is 10.5 Å². The van der Waals surface area contributed by atoms with Crippen LogP contribution in [0.4, 0.5) is 10.2 Å². The van der Waals surface area contributed by atoms with Gasteiger partial charge in [-0.05, 0) is 36.6 Å². The lowest BCUT2D eigenvalue weighted by Crippen LogP contribution is -2.30. The summed E-state index contributed by atoms with van der Waals surface area (Å²) in [6.45, 7) is 1.94. The summed E-state index contributed by atoms with van der Waals surface area (Å²) < 4.78 is 14.9. The van der Waals surface area contributed by atoms with Crippen molar-refractivity contribution in [3.8, 4) is 0 Å². The Morgan fingerprint density at radius 3 is 2.79 bits per heavy atom. The van der Waals surface area contributed by atoms with Gasteiger partial charge in [-0.3, -0.25) is 16.0 Å². The second-order valence-corrected chi connectivity index (χ2v) is 4.60. The van der Waals surface area contributed by atoms with Crippen LogP contribution in [0.3, 0.4) is 0 Å². The van der Waals surface area contributed by atoms with Crippen LogP contribution in [0, 0.1) is 12.7 Å². The molecule has 1 aromatic carbocycles.